The summed E-state index contributed by atoms with van der Waals surface area (Å²) in [5.41, 5.74) is 3.65. The minimum absolute atomic E-state index is 0.393. The van der Waals surface area contributed by atoms with Gasteiger partial charge in [0.2, 0.25) is 0 Å². The van der Waals surface area contributed by atoms with Crippen molar-refractivity contribution in [1.82, 2.24) is 0 Å². The minimum Gasteiger partial charge on any atom is -0.381 e. The van der Waals surface area contributed by atoms with E-state index < -0.39 is 0 Å². The van der Waals surface area contributed by atoms with E-state index >= 15 is 0 Å². The van der Waals surface area contributed by atoms with Crippen LogP contribution in [0.15, 0.2) is 18.2 Å². The van der Waals surface area contributed by atoms with E-state index in [0.29, 0.717) is 24.9 Å². The van der Waals surface area contributed by atoms with Gasteiger partial charge in [0.25, 0.3) is 0 Å². The highest BCUT2D eigenvalue weighted by atomic mass is 16.5. The fourth-order valence-electron chi connectivity index (χ4n) is 3.56. The maximum atomic E-state index is 6.22. The van der Waals surface area contributed by atoms with Crippen LogP contribution in [0.5, 0.6) is 0 Å². The summed E-state index contributed by atoms with van der Waals surface area (Å²) in [5.74, 6) is 6.20. The molecule has 29 heavy (non-hydrogen) atoms. The van der Waals surface area contributed by atoms with E-state index in [1.54, 1.807) is 14.2 Å². The molecule has 0 bridgehead atoms. The molecule has 1 saturated heterocycles. The normalized spacial score (nSPS) is 20.9. The van der Waals surface area contributed by atoms with Crippen LogP contribution in [-0.2, 0) is 14.2 Å². The zero-order valence-electron chi connectivity index (χ0n) is 19.6. The van der Waals surface area contributed by atoms with Gasteiger partial charge in [-0.1, -0.05) is 45.6 Å². The molecule has 2 fully saturated rings. The third kappa shape index (κ3) is 8.01. The van der Waals surface area contributed by atoms with Crippen LogP contribution in [0.2, 0.25) is 0 Å². The van der Waals surface area contributed by atoms with Crippen LogP contribution in [0.25, 0.3) is 0 Å². The smallest absolute Gasteiger partial charge is 0.107 e. The molecule has 0 radical (unpaired) electrons. The van der Waals surface area contributed by atoms with Crippen molar-refractivity contribution in [2.45, 2.75) is 78.6 Å². The van der Waals surface area contributed by atoms with Crippen molar-refractivity contribution in [3.63, 3.8) is 0 Å². The van der Waals surface area contributed by atoms with Crippen molar-refractivity contribution in [1.29, 1.82) is 0 Å². The van der Waals surface area contributed by atoms with Crippen LogP contribution in [0.4, 0.5) is 5.69 Å². The molecular weight excluding hydrogens is 362 g/mol. The Morgan fingerprint density at radius 3 is 2.21 bits per heavy atom. The third-order valence-corrected chi connectivity index (χ3v) is 5.21. The van der Waals surface area contributed by atoms with Crippen LogP contribution >= 0.6 is 0 Å². The Hall–Kier alpha value is -1.54. The summed E-state index contributed by atoms with van der Waals surface area (Å²) < 4.78 is 16.6. The van der Waals surface area contributed by atoms with Crippen molar-refractivity contribution in [3.8, 4) is 11.8 Å². The van der Waals surface area contributed by atoms with Gasteiger partial charge in [-0.15, -0.1) is 0 Å². The number of hydrogen-bond donors (Lipinski definition) is 0. The number of hydrogen-bond acceptors (Lipinski definition) is 4. The molecule has 1 aromatic carbocycles. The number of anilines is 1. The quantitative estimate of drug-likeness (QED) is 0.632. The van der Waals surface area contributed by atoms with Crippen LogP contribution in [0.1, 0.15) is 64.5 Å². The highest BCUT2D eigenvalue weighted by Crippen LogP contribution is 2.31. The lowest BCUT2D eigenvalue weighted by atomic mass is 9.91. The van der Waals surface area contributed by atoms with E-state index in [1.165, 1.54) is 11.3 Å². The van der Waals surface area contributed by atoms with Gasteiger partial charge < -0.3 is 19.1 Å². The summed E-state index contributed by atoms with van der Waals surface area (Å²) in [7, 11) is 3.45. The first kappa shape index (κ1) is 25.5. The van der Waals surface area contributed by atoms with Crippen molar-refractivity contribution in [3.05, 3.63) is 29.3 Å². The van der Waals surface area contributed by atoms with E-state index in [0.717, 1.165) is 44.3 Å². The monoisotopic (exact) mass is 403 g/mol. The first-order valence-electron chi connectivity index (χ1n) is 11.2. The molecule has 1 aliphatic heterocycles. The molecule has 1 aromatic rings. The number of nitrogens with zero attached hydrogens (tertiary/aromatic N) is 1. The molecular formula is C25H41NO3. The molecule has 0 amide bonds. The first-order valence-corrected chi connectivity index (χ1v) is 11.2. The van der Waals surface area contributed by atoms with Crippen LogP contribution in [-0.4, -0.2) is 52.2 Å². The summed E-state index contributed by atoms with van der Waals surface area (Å²) >= 11 is 0. The summed E-state index contributed by atoms with van der Waals surface area (Å²) in [6, 6.07) is 6.45. The number of aryl methyl sites for hydroxylation is 1. The number of piperidine rings is 1. The summed E-state index contributed by atoms with van der Waals surface area (Å²) in [6.45, 7) is 12.7. The maximum Gasteiger partial charge on any atom is 0.107 e. The van der Waals surface area contributed by atoms with E-state index in [4.69, 9.17) is 14.2 Å². The summed E-state index contributed by atoms with van der Waals surface area (Å²) in [4.78, 5) is 2.47. The van der Waals surface area contributed by atoms with Gasteiger partial charge in [-0.2, -0.15) is 0 Å². The molecule has 3 rings (SSSR count). The highest BCUT2D eigenvalue weighted by molar-refractivity contribution is 5.58. The number of ether oxygens (including phenoxy) is 3. The number of methoxy groups -OCH3 is 2. The predicted octanol–water partition coefficient (Wildman–Crippen LogP) is 5.21. The van der Waals surface area contributed by atoms with Crippen molar-refractivity contribution in [2.75, 3.05) is 38.8 Å². The largest absolute Gasteiger partial charge is 0.381 e. The van der Waals surface area contributed by atoms with Gasteiger partial charge in [0.1, 0.15) is 6.61 Å². The van der Waals surface area contributed by atoms with Crippen LogP contribution < -0.4 is 4.90 Å². The third-order valence-electron chi connectivity index (χ3n) is 5.21. The molecule has 1 heterocycles. The van der Waals surface area contributed by atoms with Crippen molar-refractivity contribution in [2.24, 2.45) is 0 Å². The number of rotatable bonds is 5. The van der Waals surface area contributed by atoms with E-state index in [1.807, 2.05) is 27.7 Å². The molecule has 0 spiro atoms. The fourth-order valence-corrected chi connectivity index (χ4v) is 3.56. The molecule has 4 nitrogen and oxygen atoms in total. The molecule has 0 aromatic heterocycles. The second kappa shape index (κ2) is 14.4. The van der Waals surface area contributed by atoms with Gasteiger partial charge >= 0.3 is 0 Å². The van der Waals surface area contributed by atoms with Gasteiger partial charge in [0.05, 0.1) is 18.3 Å². The Balaban J connectivity index is 0.000000989. The molecule has 0 unspecified atom stereocenters. The molecule has 164 valence electrons. The molecule has 2 aliphatic rings. The molecule has 1 aliphatic carbocycles. The average Bonchev–Trinajstić information content (AvgIpc) is 2.75. The second-order valence-corrected chi connectivity index (χ2v) is 7.01. The van der Waals surface area contributed by atoms with Gasteiger partial charge in [0, 0.05) is 38.6 Å². The Kier molecular flexibility index (Phi) is 12.7. The van der Waals surface area contributed by atoms with Gasteiger partial charge in [-0.3, -0.25) is 0 Å². The highest BCUT2D eigenvalue weighted by Gasteiger charge is 2.33. The zero-order chi connectivity index (χ0) is 21.6. The molecule has 1 saturated carbocycles. The zero-order valence-corrected chi connectivity index (χ0v) is 19.6. The first-order chi connectivity index (χ1) is 14.2. The topological polar surface area (TPSA) is 30.9 Å². The van der Waals surface area contributed by atoms with Crippen LogP contribution in [0, 0.1) is 18.8 Å². The van der Waals surface area contributed by atoms with E-state index in [2.05, 4.69) is 41.9 Å². The average molecular weight is 404 g/mol. The minimum atomic E-state index is 0.393. The molecule has 0 atom stereocenters. The Labute approximate surface area is 178 Å². The van der Waals surface area contributed by atoms with Gasteiger partial charge in [0.15, 0.2) is 0 Å². The lowest BCUT2D eigenvalue weighted by Crippen LogP contribution is -2.43. The van der Waals surface area contributed by atoms with Gasteiger partial charge in [-0.05, 0) is 50.3 Å². The Bertz CT molecular complexity index is 621. The summed E-state index contributed by atoms with van der Waals surface area (Å²) in [6.07, 6.45) is 5.50. The number of benzene rings is 1. The van der Waals surface area contributed by atoms with E-state index in [-0.39, 0.29) is 0 Å². The summed E-state index contributed by atoms with van der Waals surface area (Å²) in [5, 5.41) is 0. The molecule has 0 N–H and O–H groups in total. The van der Waals surface area contributed by atoms with Crippen LogP contribution in [0.3, 0.4) is 0 Å². The van der Waals surface area contributed by atoms with Crippen molar-refractivity contribution < 1.29 is 14.2 Å². The molecule has 4 heteroatoms. The Morgan fingerprint density at radius 2 is 1.62 bits per heavy atom. The lowest BCUT2D eigenvalue weighted by molar-refractivity contribution is -0.119. The maximum absolute atomic E-state index is 6.22. The second-order valence-electron chi connectivity index (χ2n) is 7.01. The predicted molar refractivity (Wildman–Crippen MR) is 123 cm³/mol. The van der Waals surface area contributed by atoms with Crippen molar-refractivity contribution >= 4 is 5.69 Å². The lowest BCUT2D eigenvalue weighted by Gasteiger charge is -2.40. The van der Waals surface area contributed by atoms with E-state index in [9.17, 15) is 0 Å². The fraction of sp³-hybridized carbons (Fsp3) is 0.680. The SMILES string of the molecule is CC.CC.COCC#Cc1ccc(C)c(N2CCC(OC3CC(OC)C3)CC2)c1. The Morgan fingerprint density at radius 1 is 0.966 bits per heavy atom. The standard InChI is InChI=1S/C21H29NO3.2C2H6/c1-16-6-7-17(5-4-12-23-2)13-21(16)22-10-8-18(9-11-22)25-20-14-19(15-20)24-3;2*1-2/h6-7,13,18-20H,8-12,14-15H2,1-3H3;2*1-2H3. The van der Waals surface area contributed by atoms with Gasteiger partial charge in [-0.25, -0.2) is 0 Å².